The number of thiazole rings is 1. The van der Waals surface area contributed by atoms with E-state index < -0.39 is 0 Å². The molecule has 28 heavy (non-hydrogen) atoms. The van der Waals surface area contributed by atoms with Crippen molar-refractivity contribution < 1.29 is 4.79 Å². The molecule has 2 aromatic carbocycles. The highest BCUT2D eigenvalue weighted by atomic mass is 32.1. The quantitative estimate of drug-likeness (QED) is 0.509. The molecule has 0 aliphatic carbocycles. The van der Waals surface area contributed by atoms with E-state index in [-0.39, 0.29) is 5.91 Å². The van der Waals surface area contributed by atoms with Crippen LogP contribution in [0.5, 0.6) is 0 Å². The molecular weight excluding hydrogens is 370 g/mol. The molecule has 138 valence electrons. The minimum atomic E-state index is -0.240. The van der Waals surface area contributed by atoms with Gasteiger partial charge in [0.2, 0.25) is 5.95 Å². The van der Waals surface area contributed by atoms with Gasteiger partial charge < -0.3 is 10.6 Å². The largest absolute Gasteiger partial charge is 0.322 e. The lowest BCUT2D eigenvalue weighted by molar-refractivity contribution is 0.102. The third-order valence-corrected chi connectivity index (χ3v) is 4.81. The summed E-state index contributed by atoms with van der Waals surface area (Å²) in [7, 11) is 0. The number of anilines is 3. The summed E-state index contributed by atoms with van der Waals surface area (Å²) < 4.78 is 0. The molecule has 0 radical (unpaired) electrons. The summed E-state index contributed by atoms with van der Waals surface area (Å²) in [6, 6.07) is 19.2. The van der Waals surface area contributed by atoms with Gasteiger partial charge in [0.1, 0.15) is 0 Å². The van der Waals surface area contributed by atoms with Crippen molar-refractivity contribution in [2.45, 2.75) is 6.92 Å². The van der Waals surface area contributed by atoms with Crippen LogP contribution >= 0.6 is 11.3 Å². The summed E-state index contributed by atoms with van der Waals surface area (Å²) in [4.78, 5) is 25.7. The lowest BCUT2D eigenvalue weighted by Crippen LogP contribution is -2.15. The van der Waals surface area contributed by atoms with Crippen LogP contribution < -0.4 is 10.6 Å². The number of hydrogen-bond donors (Lipinski definition) is 2. The fraction of sp³-hybridized carbons (Fsp3) is 0.0476. The van der Waals surface area contributed by atoms with Crippen molar-refractivity contribution in [2.24, 2.45) is 0 Å². The van der Waals surface area contributed by atoms with Gasteiger partial charge in [-0.15, -0.1) is 11.3 Å². The minimum Gasteiger partial charge on any atom is -0.322 e. The Labute approximate surface area is 166 Å². The Hall–Kier alpha value is -3.58. The lowest BCUT2D eigenvalue weighted by atomic mass is 10.2. The molecule has 2 N–H and O–H groups in total. The normalized spacial score (nSPS) is 10.5. The molecule has 2 aromatic heterocycles. The lowest BCUT2D eigenvalue weighted by Gasteiger charge is -2.08. The van der Waals surface area contributed by atoms with Crippen LogP contribution in [-0.2, 0) is 0 Å². The fourth-order valence-corrected chi connectivity index (χ4v) is 3.35. The Kier molecular flexibility index (Phi) is 5.07. The fourth-order valence-electron chi connectivity index (χ4n) is 2.64. The van der Waals surface area contributed by atoms with Crippen molar-refractivity contribution in [3.8, 4) is 11.3 Å². The molecule has 0 saturated heterocycles. The zero-order chi connectivity index (χ0) is 19.3. The van der Waals surface area contributed by atoms with E-state index in [4.69, 9.17) is 0 Å². The number of benzene rings is 2. The first-order chi connectivity index (χ1) is 13.7. The van der Waals surface area contributed by atoms with Gasteiger partial charge in [-0.2, -0.15) is 0 Å². The SMILES string of the molecule is Cc1nc(Nc2nc(-c3ccccc3)cs2)ncc1C(=O)Nc1ccccc1. The van der Waals surface area contributed by atoms with E-state index >= 15 is 0 Å². The minimum absolute atomic E-state index is 0.240. The first-order valence-corrected chi connectivity index (χ1v) is 9.55. The first kappa shape index (κ1) is 17.8. The van der Waals surface area contributed by atoms with Crippen molar-refractivity contribution in [1.82, 2.24) is 15.0 Å². The van der Waals surface area contributed by atoms with Gasteiger partial charge in [0.25, 0.3) is 5.91 Å². The first-order valence-electron chi connectivity index (χ1n) is 8.67. The second-order valence-electron chi connectivity index (χ2n) is 6.04. The molecule has 0 spiro atoms. The Morgan fingerprint density at radius 3 is 2.39 bits per heavy atom. The molecule has 2 heterocycles. The van der Waals surface area contributed by atoms with Gasteiger partial charge >= 0.3 is 0 Å². The molecule has 6 nitrogen and oxygen atoms in total. The Morgan fingerprint density at radius 1 is 0.964 bits per heavy atom. The molecular formula is C21H17N5OS. The number of carbonyl (C=O) groups is 1. The third-order valence-electron chi connectivity index (χ3n) is 4.05. The summed E-state index contributed by atoms with van der Waals surface area (Å²) in [6.45, 7) is 1.78. The number of nitrogens with zero attached hydrogens (tertiary/aromatic N) is 3. The van der Waals surface area contributed by atoms with E-state index in [0.29, 0.717) is 22.3 Å². The molecule has 0 atom stereocenters. The topological polar surface area (TPSA) is 79.8 Å². The van der Waals surface area contributed by atoms with Gasteiger partial charge in [-0.1, -0.05) is 48.5 Å². The van der Waals surface area contributed by atoms with E-state index in [9.17, 15) is 4.79 Å². The van der Waals surface area contributed by atoms with Crippen LogP contribution in [0.25, 0.3) is 11.3 Å². The Balaban J connectivity index is 1.48. The van der Waals surface area contributed by atoms with Gasteiger partial charge in [-0.3, -0.25) is 4.79 Å². The summed E-state index contributed by atoms with van der Waals surface area (Å²) in [5.41, 5.74) is 3.69. The number of nitrogens with one attached hydrogen (secondary N) is 2. The van der Waals surface area contributed by atoms with Gasteiger partial charge in [0.15, 0.2) is 5.13 Å². The molecule has 7 heteroatoms. The molecule has 4 rings (SSSR count). The van der Waals surface area contributed by atoms with Crippen LogP contribution in [0.3, 0.4) is 0 Å². The van der Waals surface area contributed by atoms with Crippen LogP contribution in [0.4, 0.5) is 16.8 Å². The smallest absolute Gasteiger partial charge is 0.259 e. The van der Waals surface area contributed by atoms with Crippen LogP contribution in [0.1, 0.15) is 16.1 Å². The third kappa shape index (κ3) is 4.05. The number of hydrogen-bond acceptors (Lipinski definition) is 6. The van der Waals surface area contributed by atoms with E-state index in [1.807, 2.05) is 66.0 Å². The van der Waals surface area contributed by atoms with E-state index in [2.05, 4.69) is 25.6 Å². The average Bonchev–Trinajstić information content (AvgIpc) is 3.18. The van der Waals surface area contributed by atoms with Crippen LogP contribution in [0.2, 0.25) is 0 Å². The van der Waals surface area contributed by atoms with Gasteiger partial charge in [0.05, 0.1) is 17.0 Å². The standard InChI is InChI=1S/C21H17N5OS/c1-14-17(19(27)24-16-10-6-3-7-11-16)12-22-20(23-14)26-21-25-18(13-28-21)15-8-4-2-5-9-15/h2-13H,1H3,(H,24,27)(H,22,23,25,26). The van der Waals surface area contributed by atoms with E-state index in [1.54, 1.807) is 6.92 Å². The highest BCUT2D eigenvalue weighted by Crippen LogP contribution is 2.26. The molecule has 1 amide bonds. The summed E-state index contributed by atoms with van der Waals surface area (Å²) in [5.74, 6) is 0.165. The molecule has 4 aromatic rings. The Bertz CT molecular complexity index is 1100. The van der Waals surface area contributed by atoms with Crippen molar-refractivity contribution in [3.05, 3.63) is 83.5 Å². The van der Waals surface area contributed by atoms with Gasteiger partial charge in [-0.25, -0.2) is 15.0 Å². The van der Waals surface area contributed by atoms with Crippen LogP contribution in [-0.4, -0.2) is 20.9 Å². The van der Waals surface area contributed by atoms with Gasteiger partial charge in [-0.05, 0) is 19.1 Å². The van der Waals surface area contributed by atoms with E-state index in [0.717, 1.165) is 16.9 Å². The molecule has 0 unspecified atom stereocenters. The van der Waals surface area contributed by atoms with Crippen molar-refractivity contribution in [1.29, 1.82) is 0 Å². The molecule has 0 aliphatic rings. The number of aryl methyl sites for hydroxylation is 1. The van der Waals surface area contributed by atoms with Crippen molar-refractivity contribution >= 4 is 34.0 Å². The predicted octanol–water partition coefficient (Wildman–Crippen LogP) is 4.90. The Morgan fingerprint density at radius 2 is 1.68 bits per heavy atom. The highest BCUT2D eigenvalue weighted by Gasteiger charge is 2.13. The summed E-state index contributed by atoms with van der Waals surface area (Å²) >= 11 is 1.48. The summed E-state index contributed by atoms with van der Waals surface area (Å²) in [5, 5.41) is 8.62. The maximum Gasteiger partial charge on any atom is 0.259 e. The summed E-state index contributed by atoms with van der Waals surface area (Å²) in [6.07, 6.45) is 1.52. The number of carbonyl (C=O) groups excluding carboxylic acids is 1. The molecule has 0 aliphatic heterocycles. The number of aromatic nitrogens is 3. The maximum absolute atomic E-state index is 12.4. The zero-order valence-corrected chi connectivity index (χ0v) is 15.9. The second-order valence-corrected chi connectivity index (χ2v) is 6.90. The predicted molar refractivity (Wildman–Crippen MR) is 112 cm³/mol. The number of amides is 1. The number of para-hydroxylation sites is 1. The second kappa shape index (κ2) is 7.98. The van der Waals surface area contributed by atoms with Crippen molar-refractivity contribution in [3.63, 3.8) is 0 Å². The molecule has 0 fully saturated rings. The van der Waals surface area contributed by atoms with Crippen LogP contribution in [0, 0.1) is 6.92 Å². The van der Waals surface area contributed by atoms with Gasteiger partial charge in [0, 0.05) is 22.8 Å². The number of rotatable bonds is 5. The molecule has 0 bridgehead atoms. The highest BCUT2D eigenvalue weighted by molar-refractivity contribution is 7.14. The van der Waals surface area contributed by atoms with Crippen LogP contribution in [0.15, 0.2) is 72.2 Å². The monoisotopic (exact) mass is 387 g/mol. The van der Waals surface area contributed by atoms with Crippen molar-refractivity contribution in [2.75, 3.05) is 10.6 Å². The van der Waals surface area contributed by atoms with E-state index in [1.165, 1.54) is 17.5 Å². The maximum atomic E-state index is 12.4. The zero-order valence-electron chi connectivity index (χ0n) is 15.1. The molecule has 0 saturated carbocycles. The average molecular weight is 387 g/mol.